The first kappa shape index (κ1) is 14.4. The molecule has 3 heteroatoms. The molecule has 3 aromatic rings. The zero-order valence-corrected chi connectivity index (χ0v) is 13.3. The standard InChI is InChI=1S/C19H19NO2/c1-12-13(2)19(20-16-8-6-5-7-15(12)16)14-9-10-17(21-3)18(11-14)22-4/h5-11H,1-4H3. The third-order valence-electron chi connectivity index (χ3n) is 4.11. The molecule has 2 aromatic carbocycles. The summed E-state index contributed by atoms with van der Waals surface area (Å²) in [6, 6.07) is 14.1. The summed E-state index contributed by atoms with van der Waals surface area (Å²) in [7, 11) is 3.29. The Morgan fingerprint density at radius 1 is 0.818 bits per heavy atom. The van der Waals surface area contributed by atoms with Gasteiger partial charge in [0.2, 0.25) is 0 Å². The van der Waals surface area contributed by atoms with Gasteiger partial charge in [0, 0.05) is 10.9 Å². The van der Waals surface area contributed by atoms with E-state index in [1.165, 1.54) is 16.5 Å². The van der Waals surface area contributed by atoms with Crippen LogP contribution in [0.1, 0.15) is 11.1 Å². The van der Waals surface area contributed by atoms with Crippen molar-refractivity contribution in [1.82, 2.24) is 4.98 Å². The Balaban J connectivity index is 2.24. The van der Waals surface area contributed by atoms with Crippen molar-refractivity contribution in [3.05, 3.63) is 53.6 Å². The van der Waals surface area contributed by atoms with Crippen molar-refractivity contribution in [1.29, 1.82) is 0 Å². The largest absolute Gasteiger partial charge is 0.493 e. The summed E-state index contributed by atoms with van der Waals surface area (Å²) in [5.74, 6) is 1.44. The number of aryl methyl sites for hydroxylation is 1. The molecule has 0 aliphatic rings. The number of para-hydroxylation sites is 1. The van der Waals surface area contributed by atoms with Crippen LogP contribution in [0, 0.1) is 13.8 Å². The summed E-state index contributed by atoms with van der Waals surface area (Å²) < 4.78 is 10.7. The van der Waals surface area contributed by atoms with E-state index in [0.29, 0.717) is 5.75 Å². The SMILES string of the molecule is COc1ccc(-c2nc3ccccc3c(C)c2C)cc1OC. The van der Waals surface area contributed by atoms with Crippen LogP contribution >= 0.6 is 0 Å². The minimum Gasteiger partial charge on any atom is -0.493 e. The van der Waals surface area contributed by atoms with Crippen LogP contribution in [0.2, 0.25) is 0 Å². The zero-order valence-electron chi connectivity index (χ0n) is 13.3. The minimum atomic E-state index is 0.715. The van der Waals surface area contributed by atoms with Crippen molar-refractivity contribution in [3.63, 3.8) is 0 Å². The maximum Gasteiger partial charge on any atom is 0.161 e. The van der Waals surface area contributed by atoms with Crippen LogP contribution in [-0.2, 0) is 0 Å². The van der Waals surface area contributed by atoms with Crippen molar-refractivity contribution in [2.75, 3.05) is 14.2 Å². The molecule has 0 unspecified atom stereocenters. The van der Waals surface area contributed by atoms with Crippen LogP contribution in [0.15, 0.2) is 42.5 Å². The average Bonchev–Trinajstić information content (AvgIpc) is 2.57. The van der Waals surface area contributed by atoms with Crippen LogP contribution < -0.4 is 9.47 Å². The molecule has 3 nitrogen and oxygen atoms in total. The van der Waals surface area contributed by atoms with Gasteiger partial charge in [0.25, 0.3) is 0 Å². The number of hydrogen-bond donors (Lipinski definition) is 0. The van der Waals surface area contributed by atoms with Gasteiger partial charge >= 0.3 is 0 Å². The summed E-state index contributed by atoms with van der Waals surface area (Å²) in [6.07, 6.45) is 0. The Morgan fingerprint density at radius 2 is 1.55 bits per heavy atom. The molecule has 0 radical (unpaired) electrons. The van der Waals surface area contributed by atoms with Crippen LogP contribution in [0.3, 0.4) is 0 Å². The summed E-state index contributed by atoms with van der Waals surface area (Å²) in [5, 5.41) is 1.20. The molecule has 3 rings (SSSR count). The molecule has 22 heavy (non-hydrogen) atoms. The molecular formula is C19H19NO2. The lowest BCUT2D eigenvalue weighted by molar-refractivity contribution is 0.355. The van der Waals surface area contributed by atoms with E-state index in [4.69, 9.17) is 14.5 Å². The van der Waals surface area contributed by atoms with E-state index in [1.807, 2.05) is 36.4 Å². The molecule has 112 valence electrons. The van der Waals surface area contributed by atoms with Gasteiger partial charge in [-0.05, 0) is 49.2 Å². The van der Waals surface area contributed by atoms with Crippen molar-refractivity contribution in [3.8, 4) is 22.8 Å². The molecule has 1 aromatic heterocycles. The van der Waals surface area contributed by atoms with Crippen molar-refractivity contribution in [2.45, 2.75) is 13.8 Å². The van der Waals surface area contributed by atoms with E-state index >= 15 is 0 Å². The number of nitrogens with zero attached hydrogens (tertiary/aromatic N) is 1. The number of ether oxygens (including phenoxy) is 2. The fourth-order valence-electron chi connectivity index (χ4n) is 2.74. The van der Waals surface area contributed by atoms with Crippen molar-refractivity contribution in [2.24, 2.45) is 0 Å². The van der Waals surface area contributed by atoms with Gasteiger partial charge in [-0.2, -0.15) is 0 Å². The molecular weight excluding hydrogens is 274 g/mol. The summed E-state index contributed by atoms with van der Waals surface area (Å²) >= 11 is 0. The second-order valence-corrected chi connectivity index (χ2v) is 5.30. The van der Waals surface area contributed by atoms with Gasteiger partial charge in [-0.25, -0.2) is 4.98 Å². The fourth-order valence-corrected chi connectivity index (χ4v) is 2.74. The molecule has 0 bridgehead atoms. The van der Waals surface area contributed by atoms with E-state index < -0.39 is 0 Å². The quantitative estimate of drug-likeness (QED) is 0.710. The molecule has 0 aliphatic carbocycles. The molecule has 0 fully saturated rings. The van der Waals surface area contributed by atoms with Gasteiger partial charge in [-0.3, -0.25) is 0 Å². The van der Waals surface area contributed by atoms with Gasteiger partial charge in [-0.1, -0.05) is 18.2 Å². The van der Waals surface area contributed by atoms with Gasteiger partial charge in [0.1, 0.15) is 0 Å². The molecule has 0 aliphatic heterocycles. The normalized spacial score (nSPS) is 10.7. The third kappa shape index (κ3) is 2.29. The Morgan fingerprint density at radius 3 is 2.27 bits per heavy atom. The van der Waals surface area contributed by atoms with E-state index in [-0.39, 0.29) is 0 Å². The number of pyridine rings is 1. The summed E-state index contributed by atoms with van der Waals surface area (Å²) in [6.45, 7) is 4.25. The lowest BCUT2D eigenvalue weighted by atomic mass is 9.98. The maximum absolute atomic E-state index is 5.40. The van der Waals surface area contributed by atoms with Crippen LogP contribution in [0.4, 0.5) is 0 Å². The smallest absolute Gasteiger partial charge is 0.161 e. The zero-order chi connectivity index (χ0) is 15.7. The molecule has 0 amide bonds. The predicted octanol–water partition coefficient (Wildman–Crippen LogP) is 4.54. The number of hydrogen-bond acceptors (Lipinski definition) is 3. The fraction of sp³-hybridized carbons (Fsp3) is 0.211. The van der Waals surface area contributed by atoms with E-state index in [2.05, 4.69) is 19.9 Å². The predicted molar refractivity (Wildman–Crippen MR) is 89.8 cm³/mol. The van der Waals surface area contributed by atoms with E-state index in [9.17, 15) is 0 Å². The Kier molecular flexibility index (Phi) is 3.72. The monoisotopic (exact) mass is 293 g/mol. The first-order chi connectivity index (χ1) is 10.7. The first-order valence-electron chi connectivity index (χ1n) is 7.24. The average molecular weight is 293 g/mol. The lowest BCUT2D eigenvalue weighted by Gasteiger charge is -2.14. The lowest BCUT2D eigenvalue weighted by Crippen LogP contribution is -1.96. The minimum absolute atomic E-state index is 0.715. The van der Waals surface area contributed by atoms with Crippen molar-refractivity contribution >= 4 is 10.9 Å². The number of rotatable bonds is 3. The van der Waals surface area contributed by atoms with Gasteiger partial charge in [0.15, 0.2) is 11.5 Å². The van der Waals surface area contributed by atoms with E-state index in [1.54, 1.807) is 14.2 Å². The molecule has 1 heterocycles. The second kappa shape index (κ2) is 5.68. The number of benzene rings is 2. The Labute approximate surface area is 130 Å². The van der Waals surface area contributed by atoms with Crippen LogP contribution in [0.25, 0.3) is 22.2 Å². The van der Waals surface area contributed by atoms with E-state index in [0.717, 1.165) is 22.5 Å². The molecule has 0 saturated carbocycles. The summed E-state index contributed by atoms with van der Waals surface area (Å²) in [4.78, 5) is 4.84. The Hall–Kier alpha value is -2.55. The van der Waals surface area contributed by atoms with Crippen LogP contribution in [-0.4, -0.2) is 19.2 Å². The molecule has 0 N–H and O–H groups in total. The van der Waals surface area contributed by atoms with Gasteiger partial charge in [0.05, 0.1) is 25.4 Å². The maximum atomic E-state index is 5.40. The molecule has 0 atom stereocenters. The second-order valence-electron chi connectivity index (χ2n) is 5.30. The van der Waals surface area contributed by atoms with Crippen LogP contribution in [0.5, 0.6) is 11.5 Å². The number of aromatic nitrogens is 1. The Bertz CT molecular complexity index is 840. The molecule has 0 saturated heterocycles. The van der Waals surface area contributed by atoms with Crippen molar-refractivity contribution < 1.29 is 9.47 Å². The summed E-state index contributed by atoms with van der Waals surface area (Å²) in [5.41, 5.74) is 5.47. The number of methoxy groups -OCH3 is 2. The van der Waals surface area contributed by atoms with Gasteiger partial charge in [-0.15, -0.1) is 0 Å². The number of fused-ring (bicyclic) bond motifs is 1. The highest BCUT2D eigenvalue weighted by Crippen LogP contribution is 2.34. The first-order valence-corrected chi connectivity index (χ1v) is 7.24. The molecule has 0 spiro atoms. The topological polar surface area (TPSA) is 31.4 Å². The highest BCUT2D eigenvalue weighted by Gasteiger charge is 2.12. The van der Waals surface area contributed by atoms with Gasteiger partial charge < -0.3 is 9.47 Å². The highest BCUT2D eigenvalue weighted by atomic mass is 16.5. The highest BCUT2D eigenvalue weighted by molar-refractivity contribution is 5.87. The third-order valence-corrected chi connectivity index (χ3v) is 4.11.